The lowest BCUT2D eigenvalue weighted by atomic mass is 10.1. The number of benzene rings is 1. The Bertz CT molecular complexity index is 556. The van der Waals surface area contributed by atoms with Crippen molar-refractivity contribution in [3.05, 3.63) is 41.6 Å². The standard InChI is InChI=1S/C14H16N2O2/c1-3-10-5-7-11(8-6-10)13-12(14(17)18)9-16(4-2)15-13/h5-9H,3-4H2,1-2H3,(H,17,18). The van der Waals surface area contributed by atoms with E-state index in [9.17, 15) is 9.90 Å². The molecule has 0 saturated heterocycles. The molecule has 0 unspecified atom stereocenters. The van der Waals surface area contributed by atoms with Crippen LogP contribution in [0.25, 0.3) is 11.3 Å². The summed E-state index contributed by atoms with van der Waals surface area (Å²) in [6.45, 7) is 4.68. The Labute approximate surface area is 106 Å². The van der Waals surface area contributed by atoms with Gasteiger partial charge >= 0.3 is 5.97 Å². The number of aromatic nitrogens is 2. The van der Waals surface area contributed by atoms with Gasteiger partial charge in [0.15, 0.2) is 0 Å². The third-order valence-corrected chi connectivity index (χ3v) is 2.95. The lowest BCUT2D eigenvalue weighted by Crippen LogP contribution is -1.96. The van der Waals surface area contributed by atoms with Gasteiger partial charge in [-0.3, -0.25) is 4.68 Å². The Hall–Kier alpha value is -2.10. The molecule has 94 valence electrons. The second-order valence-corrected chi connectivity index (χ2v) is 4.10. The molecule has 0 aliphatic heterocycles. The average molecular weight is 244 g/mol. The molecule has 1 aromatic carbocycles. The molecule has 1 aromatic heterocycles. The van der Waals surface area contributed by atoms with Crippen molar-refractivity contribution in [1.29, 1.82) is 0 Å². The van der Waals surface area contributed by atoms with E-state index in [-0.39, 0.29) is 5.56 Å². The van der Waals surface area contributed by atoms with Crippen LogP contribution in [0.15, 0.2) is 30.5 Å². The zero-order valence-electron chi connectivity index (χ0n) is 10.6. The first-order chi connectivity index (χ1) is 8.65. The van der Waals surface area contributed by atoms with Crippen molar-refractivity contribution in [2.45, 2.75) is 26.8 Å². The molecule has 2 aromatic rings. The Kier molecular flexibility index (Phi) is 3.46. The quantitative estimate of drug-likeness (QED) is 0.899. The fourth-order valence-electron chi connectivity index (χ4n) is 1.85. The average Bonchev–Trinajstić information content (AvgIpc) is 2.83. The van der Waals surface area contributed by atoms with E-state index in [1.165, 1.54) is 5.56 Å². The molecule has 0 spiro atoms. The summed E-state index contributed by atoms with van der Waals surface area (Å²) in [6.07, 6.45) is 2.54. The number of hydrogen-bond acceptors (Lipinski definition) is 2. The molecule has 0 atom stereocenters. The van der Waals surface area contributed by atoms with E-state index in [1.54, 1.807) is 10.9 Å². The highest BCUT2D eigenvalue weighted by atomic mass is 16.4. The maximum absolute atomic E-state index is 11.2. The second kappa shape index (κ2) is 5.04. The number of aromatic carboxylic acids is 1. The lowest BCUT2D eigenvalue weighted by molar-refractivity contribution is 0.0697. The first-order valence-corrected chi connectivity index (χ1v) is 6.05. The smallest absolute Gasteiger partial charge is 0.339 e. The third-order valence-electron chi connectivity index (χ3n) is 2.95. The van der Waals surface area contributed by atoms with Crippen LogP contribution in [0.3, 0.4) is 0 Å². The number of hydrogen-bond donors (Lipinski definition) is 1. The van der Waals surface area contributed by atoms with Gasteiger partial charge in [0.2, 0.25) is 0 Å². The van der Waals surface area contributed by atoms with Crippen molar-refractivity contribution >= 4 is 5.97 Å². The highest BCUT2D eigenvalue weighted by Crippen LogP contribution is 2.22. The number of aryl methyl sites for hydroxylation is 2. The maximum atomic E-state index is 11.2. The van der Waals surface area contributed by atoms with Gasteiger partial charge in [0.25, 0.3) is 0 Å². The number of rotatable bonds is 4. The summed E-state index contributed by atoms with van der Waals surface area (Å²) in [7, 11) is 0. The van der Waals surface area contributed by atoms with Gasteiger partial charge in [-0.05, 0) is 18.9 Å². The molecule has 4 nitrogen and oxygen atoms in total. The first-order valence-electron chi connectivity index (χ1n) is 6.05. The van der Waals surface area contributed by atoms with E-state index in [0.29, 0.717) is 12.2 Å². The van der Waals surface area contributed by atoms with E-state index in [2.05, 4.69) is 12.0 Å². The second-order valence-electron chi connectivity index (χ2n) is 4.10. The lowest BCUT2D eigenvalue weighted by Gasteiger charge is -2.01. The number of carbonyl (C=O) groups is 1. The Balaban J connectivity index is 2.47. The highest BCUT2D eigenvalue weighted by Gasteiger charge is 2.16. The molecule has 0 aliphatic carbocycles. The van der Waals surface area contributed by atoms with Gasteiger partial charge in [0, 0.05) is 18.3 Å². The zero-order valence-corrected chi connectivity index (χ0v) is 10.6. The van der Waals surface area contributed by atoms with E-state index < -0.39 is 5.97 Å². The Morgan fingerprint density at radius 2 is 1.94 bits per heavy atom. The van der Waals surface area contributed by atoms with Crippen molar-refractivity contribution < 1.29 is 9.90 Å². The minimum absolute atomic E-state index is 0.251. The number of nitrogens with zero attached hydrogens (tertiary/aromatic N) is 2. The molecule has 0 saturated carbocycles. The van der Waals surface area contributed by atoms with Crippen LogP contribution >= 0.6 is 0 Å². The van der Waals surface area contributed by atoms with Crippen LogP contribution in [-0.4, -0.2) is 20.9 Å². The van der Waals surface area contributed by atoms with Crippen LogP contribution in [0.4, 0.5) is 0 Å². The van der Waals surface area contributed by atoms with Gasteiger partial charge in [0.05, 0.1) is 0 Å². The summed E-state index contributed by atoms with van der Waals surface area (Å²) in [5, 5.41) is 13.5. The summed E-state index contributed by atoms with van der Waals surface area (Å²) in [5.41, 5.74) is 2.86. The fourth-order valence-corrected chi connectivity index (χ4v) is 1.85. The minimum Gasteiger partial charge on any atom is -0.478 e. The molecule has 0 amide bonds. The minimum atomic E-state index is -0.940. The number of carboxylic acid groups (broad SMARTS) is 1. The van der Waals surface area contributed by atoms with Crippen molar-refractivity contribution in [3.63, 3.8) is 0 Å². The van der Waals surface area contributed by atoms with E-state index >= 15 is 0 Å². The molecule has 0 aliphatic rings. The van der Waals surface area contributed by atoms with E-state index in [0.717, 1.165) is 12.0 Å². The predicted octanol–water partition coefficient (Wildman–Crippen LogP) is 2.83. The van der Waals surface area contributed by atoms with Crippen LogP contribution < -0.4 is 0 Å². The topological polar surface area (TPSA) is 55.1 Å². The molecule has 0 radical (unpaired) electrons. The third kappa shape index (κ3) is 2.27. The fraction of sp³-hybridized carbons (Fsp3) is 0.286. The van der Waals surface area contributed by atoms with Crippen LogP contribution in [0.1, 0.15) is 29.8 Å². The molecule has 4 heteroatoms. The first kappa shape index (κ1) is 12.4. The van der Waals surface area contributed by atoms with Gasteiger partial charge < -0.3 is 5.11 Å². The van der Waals surface area contributed by atoms with Crippen LogP contribution in [0.5, 0.6) is 0 Å². The molecule has 18 heavy (non-hydrogen) atoms. The van der Waals surface area contributed by atoms with E-state index in [1.807, 2.05) is 31.2 Å². The summed E-state index contributed by atoms with van der Waals surface area (Å²) < 4.78 is 1.65. The van der Waals surface area contributed by atoms with Crippen molar-refractivity contribution in [2.24, 2.45) is 0 Å². The van der Waals surface area contributed by atoms with Crippen molar-refractivity contribution in [1.82, 2.24) is 9.78 Å². The Morgan fingerprint density at radius 1 is 1.28 bits per heavy atom. The molecule has 0 fully saturated rings. The molecule has 1 heterocycles. The van der Waals surface area contributed by atoms with Gasteiger partial charge in [-0.15, -0.1) is 0 Å². The van der Waals surface area contributed by atoms with Gasteiger partial charge in [-0.2, -0.15) is 5.10 Å². The molecule has 2 rings (SSSR count). The summed E-state index contributed by atoms with van der Waals surface area (Å²) in [5.74, 6) is -0.940. The Morgan fingerprint density at radius 3 is 2.44 bits per heavy atom. The number of carboxylic acids is 1. The van der Waals surface area contributed by atoms with E-state index in [4.69, 9.17) is 0 Å². The summed E-state index contributed by atoms with van der Waals surface area (Å²) >= 11 is 0. The monoisotopic (exact) mass is 244 g/mol. The zero-order chi connectivity index (χ0) is 13.1. The van der Waals surface area contributed by atoms with Gasteiger partial charge in [0.1, 0.15) is 11.3 Å². The van der Waals surface area contributed by atoms with Crippen LogP contribution in [0, 0.1) is 0 Å². The highest BCUT2D eigenvalue weighted by molar-refractivity contribution is 5.94. The van der Waals surface area contributed by atoms with Crippen LogP contribution in [0.2, 0.25) is 0 Å². The largest absolute Gasteiger partial charge is 0.478 e. The normalized spacial score (nSPS) is 10.6. The predicted molar refractivity (Wildman–Crippen MR) is 69.7 cm³/mol. The van der Waals surface area contributed by atoms with Gasteiger partial charge in [-0.25, -0.2) is 4.79 Å². The molecule has 1 N–H and O–H groups in total. The summed E-state index contributed by atoms with van der Waals surface area (Å²) in [4.78, 5) is 11.2. The maximum Gasteiger partial charge on any atom is 0.339 e. The molecule has 0 bridgehead atoms. The van der Waals surface area contributed by atoms with Gasteiger partial charge in [-0.1, -0.05) is 31.2 Å². The SMILES string of the molecule is CCc1ccc(-c2nn(CC)cc2C(=O)O)cc1. The van der Waals surface area contributed by atoms with Crippen LogP contribution in [-0.2, 0) is 13.0 Å². The van der Waals surface area contributed by atoms with Crippen molar-refractivity contribution in [3.8, 4) is 11.3 Å². The van der Waals surface area contributed by atoms with Crippen molar-refractivity contribution in [2.75, 3.05) is 0 Å². The summed E-state index contributed by atoms with van der Waals surface area (Å²) in [6, 6.07) is 7.86. The molecular weight excluding hydrogens is 228 g/mol. The molecular formula is C14H16N2O2.